The van der Waals surface area contributed by atoms with Gasteiger partial charge in [0.05, 0.1) is 7.11 Å². The molecule has 0 spiro atoms. The van der Waals surface area contributed by atoms with Gasteiger partial charge in [0.25, 0.3) is 0 Å². The topological polar surface area (TPSA) is 41.5 Å². The van der Waals surface area contributed by atoms with E-state index in [1.54, 1.807) is 19.2 Å². The average molecular weight is 221 g/mol. The van der Waals surface area contributed by atoms with Gasteiger partial charge in [-0.25, -0.2) is 0 Å². The Morgan fingerprint density at radius 2 is 2.19 bits per heavy atom. The molecule has 3 nitrogen and oxygen atoms in total. The van der Waals surface area contributed by atoms with Gasteiger partial charge in [0.15, 0.2) is 11.5 Å². The van der Waals surface area contributed by atoms with Crippen molar-refractivity contribution in [3.05, 3.63) is 23.8 Å². The van der Waals surface area contributed by atoms with E-state index >= 15 is 0 Å². The summed E-state index contributed by atoms with van der Waals surface area (Å²) in [6.07, 6.45) is 2.65. The lowest BCUT2D eigenvalue weighted by Gasteiger charge is -2.11. The van der Waals surface area contributed by atoms with E-state index < -0.39 is 0 Å². The minimum atomic E-state index is 0.208. The highest BCUT2D eigenvalue weighted by molar-refractivity contribution is 5.41. The van der Waals surface area contributed by atoms with E-state index in [2.05, 4.69) is 12.2 Å². The van der Waals surface area contributed by atoms with Crippen LogP contribution in [0.3, 0.4) is 0 Å². The number of nitrogens with one attached hydrogen (secondary N) is 1. The normalized spacial score (nSPS) is 17.1. The van der Waals surface area contributed by atoms with Crippen LogP contribution >= 0.6 is 0 Å². The van der Waals surface area contributed by atoms with Gasteiger partial charge < -0.3 is 15.2 Å². The summed E-state index contributed by atoms with van der Waals surface area (Å²) in [7, 11) is 1.56. The van der Waals surface area contributed by atoms with Crippen molar-refractivity contribution < 1.29 is 9.84 Å². The Morgan fingerprint density at radius 3 is 2.75 bits per heavy atom. The first-order chi connectivity index (χ1) is 7.63. The summed E-state index contributed by atoms with van der Waals surface area (Å²) < 4.78 is 5.00. The molecule has 1 aliphatic rings. The molecule has 0 aromatic heterocycles. The predicted molar refractivity (Wildman–Crippen MR) is 63.7 cm³/mol. The molecule has 0 saturated heterocycles. The Morgan fingerprint density at radius 1 is 1.44 bits per heavy atom. The van der Waals surface area contributed by atoms with Crippen LogP contribution in [0.15, 0.2) is 18.2 Å². The van der Waals surface area contributed by atoms with Gasteiger partial charge in [-0.3, -0.25) is 0 Å². The highest BCUT2D eigenvalue weighted by Crippen LogP contribution is 2.44. The minimum absolute atomic E-state index is 0.208. The van der Waals surface area contributed by atoms with E-state index in [-0.39, 0.29) is 5.75 Å². The molecule has 16 heavy (non-hydrogen) atoms. The van der Waals surface area contributed by atoms with Crippen molar-refractivity contribution in [2.24, 2.45) is 5.41 Å². The second kappa shape index (κ2) is 4.34. The first kappa shape index (κ1) is 11.3. The van der Waals surface area contributed by atoms with E-state index in [4.69, 9.17) is 4.74 Å². The van der Waals surface area contributed by atoms with E-state index in [1.807, 2.05) is 6.07 Å². The Labute approximate surface area is 96.4 Å². The van der Waals surface area contributed by atoms with Gasteiger partial charge in [0, 0.05) is 13.1 Å². The van der Waals surface area contributed by atoms with Crippen LogP contribution in [0.2, 0.25) is 0 Å². The summed E-state index contributed by atoms with van der Waals surface area (Å²) in [6, 6.07) is 5.52. The highest BCUT2D eigenvalue weighted by atomic mass is 16.5. The zero-order chi connectivity index (χ0) is 11.6. The fraction of sp³-hybridized carbons (Fsp3) is 0.538. The van der Waals surface area contributed by atoms with Crippen LogP contribution in [0.25, 0.3) is 0 Å². The zero-order valence-electron chi connectivity index (χ0n) is 9.92. The van der Waals surface area contributed by atoms with Gasteiger partial charge in [-0.05, 0) is 36.0 Å². The Balaban J connectivity index is 1.87. The lowest BCUT2D eigenvalue weighted by Crippen LogP contribution is -2.21. The molecule has 0 bridgehead atoms. The quantitative estimate of drug-likeness (QED) is 0.801. The summed E-state index contributed by atoms with van der Waals surface area (Å²) >= 11 is 0. The molecule has 0 atom stereocenters. The van der Waals surface area contributed by atoms with Gasteiger partial charge >= 0.3 is 0 Å². The molecule has 0 radical (unpaired) electrons. The number of aromatic hydroxyl groups is 1. The van der Waals surface area contributed by atoms with E-state index in [0.717, 1.165) is 18.7 Å². The molecule has 1 aromatic rings. The summed E-state index contributed by atoms with van der Waals surface area (Å²) in [4.78, 5) is 0. The van der Waals surface area contributed by atoms with Crippen molar-refractivity contribution in [3.63, 3.8) is 0 Å². The summed E-state index contributed by atoms with van der Waals surface area (Å²) in [5.74, 6) is 0.734. The highest BCUT2D eigenvalue weighted by Gasteiger charge is 2.36. The van der Waals surface area contributed by atoms with Crippen LogP contribution in [0.1, 0.15) is 25.3 Å². The van der Waals surface area contributed by atoms with E-state index in [1.165, 1.54) is 12.8 Å². The molecule has 1 aromatic carbocycles. The monoisotopic (exact) mass is 221 g/mol. The van der Waals surface area contributed by atoms with Crippen molar-refractivity contribution in [2.75, 3.05) is 13.7 Å². The average Bonchev–Trinajstić information content (AvgIpc) is 2.97. The lowest BCUT2D eigenvalue weighted by molar-refractivity contribution is 0.373. The van der Waals surface area contributed by atoms with Crippen molar-refractivity contribution in [1.82, 2.24) is 5.32 Å². The van der Waals surface area contributed by atoms with Crippen molar-refractivity contribution >= 4 is 0 Å². The second-order valence-corrected chi connectivity index (χ2v) is 4.92. The zero-order valence-corrected chi connectivity index (χ0v) is 9.92. The third kappa shape index (κ3) is 2.67. The Hall–Kier alpha value is -1.22. The fourth-order valence-electron chi connectivity index (χ4n) is 1.74. The summed E-state index contributed by atoms with van der Waals surface area (Å²) in [5, 5.41) is 13.0. The van der Waals surface area contributed by atoms with Crippen molar-refractivity contribution in [1.29, 1.82) is 0 Å². The second-order valence-electron chi connectivity index (χ2n) is 4.92. The number of ether oxygens (including phenoxy) is 1. The molecule has 88 valence electrons. The maximum absolute atomic E-state index is 9.61. The maximum atomic E-state index is 9.61. The molecule has 2 rings (SSSR count). The molecule has 0 amide bonds. The Kier molecular flexibility index (Phi) is 3.06. The Bertz CT molecular complexity index is 372. The van der Waals surface area contributed by atoms with Crippen LogP contribution in [0, 0.1) is 5.41 Å². The fourth-order valence-corrected chi connectivity index (χ4v) is 1.74. The molecule has 1 fully saturated rings. The van der Waals surface area contributed by atoms with Crippen LogP contribution in [-0.2, 0) is 6.54 Å². The smallest absolute Gasteiger partial charge is 0.160 e. The van der Waals surface area contributed by atoms with E-state index in [0.29, 0.717) is 11.2 Å². The first-order valence-electron chi connectivity index (χ1n) is 5.70. The number of methoxy groups -OCH3 is 1. The molecule has 2 N–H and O–H groups in total. The van der Waals surface area contributed by atoms with Gasteiger partial charge in [-0.1, -0.05) is 13.0 Å². The molecule has 0 unspecified atom stereocenters. The van der Waals surface area contributed by atoms with Gasteiger partial charge in [-0.15, -0.1) is 0 Å². The van der Waals surface area contributed by atoms with Crippen LogP contribution in [-0.4, -0.2) is 18.8 Å². The van der Waals surface area contributed by atoms with Gasteiger partial charge in [0.1, 0.15) is 0 Å². The van der Waals surface area contributed by atoms with Gasteiger partial charge in [-0.2, -0.15) is 0 Å². The first-order valence-corrected chi connectivity index (χ1v) is 5.70. The largest absolute Gasteiger partial charge is 0.504 e. The number of hydrogen-bond acceptors (Lipinski definition) is 3. The third-order valence-electron chi connectivity index (χ3n) is 3.23. The number of phenolic OH excluding ortho intramolecular Hbond substituents is 1. The van der Waals surface area contributed by atoms with Crippen molar-refractivity contribution in [3.8, 4) is 11.5 Å². The molecule has 1 aliphatic carbocycles. The SMILES string of the molecule is COc1ccc(CNCC2(C)CC2)cc1O. The molecule has 3 heteroatoms. The maximum Gasteiger partial charge on any atom is 0.160 e. The molecular weight excluding hydrogens is 202 g/mol. The molecule has 0 aliphatic heterocycles. The minimum Gasteiger partial charge on any atom is -0.504 e. The van der Waals surface area contributed by atoms with E-state index in [9.17, 15) is 5.11 Å². The standard InChI is InChI=1S/C13H19NO2/c1-13(5-6-13)9-14-8-10-3-4-12(16-2)11(15)7-10/h3-4,7,14-15H,5-6,8-9H2,1-2H3. The van der Waals surface area contributed by atoms with Crippen LogP contribution in [0.5, 0.6) is 11.5 Å². The number of rotatable bonds is 5. The molecule has 0 heterocycles. The van der Waals surface area contributed by atoms with Crippen LogP contribution < -0.4 is 10.1 Å². The molecular formula is C13H19NO2. The van der Waals surface area contributed by atoms with Gasteiger partial charge in [0.2, 0.25) is 0 Å². The number of benzene rings is 1. The summed E-state index contributed by atoms with van der Waals surface area (Å²) in [6.45, 7) is 4.15. The number of hydrogen-bond donors (Lipinski definition) is 2. The number of phenols is 1. The van der Waals surface area contributed by atoms with Crippen LogP contribution in [0.4, 0.5) is 0 Å². The van der Waals surface area contributed by atoms with Crippen molar-refractivity contribution in [2.45, 2.75) is 26.3 Å². The summed E-state index contributed by atoms with van der Waals surface area (Å²) in [5.41, 5.74) is 1.61. The third-order valence-corrected chi connectivity index (χ3v) is 3.23. The molecule has 1 saturated carbocycles. The lowest BCUT2D eigenvalue weighted by atomic mass is 10.1. The predicted octanol–water partition coefficient (Wildman–Crippen LogP) is 2.29.